The molecule has 1 aliphatic rings. The van der Waals surface area contributed by atoms with Crippen LogP contribution in [0.3, 0.4) is 0 Å². The molecule has 2 atom stereocenters. The maximum atomic E-state index is 12.1. The number of rotatable bonds is 4. The lowest BCUT2D eigenvalue weighted by Gasteiger charge is -2.29. The zero-order valence-electron chi connectivity index (χ0n) is 13.4. The third-order valence-corrected chi connectivity index (χ3v) is 4.20. The fourth-order valence-corrected chi connectivity index (χ4v) is 2.96. The Bertz CT molecular complexity index is 744. The second-order valence-electron chi connectivity index (χ2n) is 5.71. The van der Waals surface area contributed by atoms with Gasteiger partial charge in [-0.15, -0.1) is 0 Å². The summed E-state index contributed by atoms with van der Waals surface area (Å²) in [5.41, 5.74) is 1.86. The quantitative estimate of drug-likeness (QED) is 0.682. The van der Waals surface area contributed by atoms with Crippen molar-refractivity contribution in [3.63, 3.8) is 0 Å². The first kappa shape index (κ1) is 16.7. The van der Waals surface area contributed by atoms with Crippen molar-refractivity contribution >= 4 is 23.6 Å². The third kappa shape index (κ3) is 4.21. The molecular weight excluding hydrogens is 328 g/mol. The van der Waals surface area contributed by atoms with Crippen LogP contribution in [-0.2, 0) is 16.6 Å². The lowest BCUT2D eigenvalue weighted by Crippen LogP contribution is -2.39. The van der Waals surface area contributed by atoms with Crippen LogP contribution in [0.4, 0.5) is 0 Å². The van der Waals surface area contributed by atoms with Crippen molar-refractivity contribution < 1.29 is 9.53 Å². The Morgan fingerprint density at radius 3 is 3.08 bits per heavy atom. The molecule has 6 nitrogen and oxygen atoms in total. The van der Waals surface area contributed by atoms with Crippen LogP contribution in [0, 0.1) is 0 Å². The maximum Gasteiger partial charge on any atom is 0.244 e. The maximum absolute atomic E-state index is 12.1. The largest absolute Gasteiger partial charge is 0.372 e. The monoisotopic (exact) mass is 346 g/mol. The van der Waals surface area contributed by atoms with E-state index in [0.717, 1.165) is 24.1 Å². The minimum Gasteiger partial charge on any atom is -0.372 e. The second kappa shape index (κ2) is 7.59. The number of carbonyl (C=O) groups is 1. The molecule has 0 bridgehead atoms. The first-order valence-electron chi connectivity index (χ1n) is 7.81. The molecule has 1 N–H and O–H groups in total. The summed E-state index contributed by atoms with van der Waals surface area (Å²) in [7, 11) is 1.89. The highest BCUT2D eigenvalue weighted by atomic mass is 35.5. The number of amides is 1. The molecule has 3 rings (SSSR count). The normalized spacial score (nSPS) is 21.1. The second-order valence-corrected chi connectivity index (χ2v) is 6.10. The number of nitrogens with one attached hydrogen (secondary N) is 1. The number of hydrogen-bond donors (Lipinski definition) is 1. The third-order valence-electron chi connectivity index (χ3n) is 4.00. The molecule has 1 aliphatic heterocycles. The van der Waals surface area contributed by atoms with Crippen LogP contribution in [0.25, 0.3) is 6.08 Å². The molecule has 0 aromatic carbocycles. The van der Waals surface area contributed by atoms with Gasteiger partial charge in [0, 0.05) is 38.2 Å². The Kier molecular flexibility index (Phi) is 5.27. The molecule has 0 radical (unpaired) electrons. The highest BCUT2D eigenvalue weighted by Gasteiger charge is 2.26. The van der Waals surface area contributed by atoms with Crippen molar-refractivity contribution in [2.45, 2.75) is 25.0 Å². The van der Waals surface area contributed by atoms with E-state index in [1.54, 1.807) is 30.6 Å². The minimum atomic E-state index is -0.126. The van der Waals surface area contributed by atoms with Crippen molar-refractivity contribution in [1.82, 2.24) is 20.1 Å². The van der Waals surface area contributed by atoms with E-state index in [4.69, 9.17) is 16.3 Å². The van der Waals surface area contributed by atoms with Crippen LogP contribution in [0.2, 0.25) is 5.15 Å². The van der Waals surface area contributed by atoms with E-state index in [1.807, 2.05) is 17.8 Å². The van der Waals surface area contributed by atoms with Crippen LogP contribution in [0.15, 0.2) is 36.7 Å². The Balaban J connectivity index is 1.57. The van der Waals surface area contributed by atoms with E-state index in [-0.39, 0.29) is 18.1 Å². The Morgan fingerprint density at radius 1 is 1.46 bits per heavy atom. The van der Waals surface area contributed by atoms with Gasteiger partial charge in [0.05, 0.1) is 5.69 Å². The summed E-state index contributed by atoms with van der Waals surface area (Å²) in [6.07, 6.45) is 8.09. The average Bonchev–Trinajstić information content (AvgIpc) is 2.99. The SMILES string of the molecule is Cn1nccc1C1CC(NC(=O)C=Cc2ccnc(Cl)c2)CCO1. The Hall–Kier alpha value is -2.18. The van der Waals surface area contributed by atoms with Gasteiger partial charge in [-0.05, 0) is 42.7 Å². The average molecular weight is 347 g/mol. The van der Waals surface area contributed by atoms with E-state index < -0.39 is 0 Å². The van der Waals surface area contributed by atoms with Crippen LogP contribution >= 0.6 is 11.6 Å². The molecule has 3 heterocycles. The van der Waals surface area contributed by atoms with Crippen molar-refractivity contribution in [3.05, 3.63) is 53.1 Å². The first-order chi connectivity index (χ1) is 11.6. The summed E-state index contributed by atoms with van der Waals surface area (Å²) in [6.45, 7) is 0.616. The molecule has 2 aromatic heterocycles. The number of aromatic nitrogens is 3. The van der Waals surface area contributed by atoms with E-state index in [2.05, 4.69) is 15.4 Å². The molecule has 24 heavy (non-hydrogen) atoms. The van der Waals surface area contributed by atoms with Gasteiger partial charge in [-0.2, -0.15) is 5.10 Å². The zero-order valence-corrected chi connectivity index (χ0v) is 14.1. The smallest absolute Gasteiger partial charge is 0.244 e. The predicted octanol–water partition coefficient (Wildman–Crippen LogP) is 2.52. The molecule has 0 saturated carbocycles. The topological polar surface area (TPSA) is 69.0 Å². The minimum absolute atomic E-state index is 0.0421. The lowest BCUT2D eigenvalue weighted by molar-refractivity contribution is -0.118. The summed E-state index contributed by atoms with van der Waals surface area (Å²) in [6, 6.07) is 5.53. The molecule has 126 valence electrons. The van der Waals surface area contributed by atoms with Gasteiger partial charge in [0.15, 0.2) is 0 Å². The van der Waals surface area contributed by atoms with Gasteiger partial charge in [0.1, 0.15) is 11.3 Å². The van der Waals surface area contributed by atoms with Gasteiger partial charge in [-0.25, -0.2) is 4.98 Å². The van der Waals surface area contributed by atoms with E-state index in [1.165, 1.54) is 6.08 Å². The lowest BCUT2D eigenvalue weighted by atomic mass is 10.0. The number of pyridine rings is 1. The van der Waals surface area contributed by atoms with Crippen LogP contribution in [-0.4, -0.2) is 33.3 Å². The van der Waals surface area contributed by atoms with Crippen LogP contribution in [0.1, 0.15) is 30.2 Å². The summed E-state index contributed by atoms with van der Waals surface area (Å²) in [5, 5.41) is 7.60. The van der Waals surface area contributed by atoms with E-state index in [9.17, 15) is 4.79 Å². The predicted molar refractivity (Wildman–Crippen MR) is 91.3 cm³/mol. The first-order valence-corrected chi connectivity index (χ1v) is 8.19. The van der Waals surface area contributed by atoms with Gasteiger partial charge in [0.25, 0.3) is 0 Å². The summed E-state index contributed by atoms with van der Waals surface area (Å²) in [4.78, 5) is 16.0. The fraction of sp³-hybridized carbons (Fsp3) is 0.353. The molecule has 1 fully saturated rings. The highest BCUT2D eigenvalue weighted by molar-refractivity contribution is 6.29. The molecule has 7 heteroatoms. The highest BCUT2D eigenvalue weighted by Crippen LogP contribution is 2.27. The Morgan fingerprint density at radius 2 is 2.33 bits per heavy atom. The molecule has 0 aliphatic carbocycles. The van der Waals surface area contributed by atoms with E-state index in [0.29, 0.717) is 11.8 Å². The van der Waals surface area contributed by atoms with Gasteiger partial charge in [-0.1, -0.05) is 11.6 Å². The standard InChI is InChI=1S/C17H19ClN4O2/c1-22-14(5-8-20-22)15-11-13(6-9-24-15)21-17(23)3-2-12-4-7-19-16(18)10-12/h2-5,7-8,10,13,15H,6,9,11H2,1H3,(H,21,23). The fourth-order valence-electron chi connectivity index (χ4n) is 2.78. The van der Waals surface area contributed by atoms with Gasteiger partial charge in [-0.3, -0.25) is 9.48 Å². The van der Waals surface area contributed by atoms with Crippen molar-refractivity contribution in [2.24, 2.45) is 7.05 Å². The number of halogens is 1. The number of ether oxygens (including phenoxy) is 1. The van der Waals surface area contributed by atoms with Crippen LogP contribution in [0.5, 0.6) is 0 Å². The van der Waals surface area contributed by atoms with Crippen molar-refractivity contribution in [2.75, 3.05) is 6.61 Å². The molecule has 2 aromatic rings. The van der Waals surface area contributed by atoms with Gasteiger partial charge >= 0.3 is 0 Å². The summed E-state index contributed by atoms with van der Waals surface area (Å²) < 4.78 is 7.61. The molecular formula is C17H19ClN4O2. The number of hydrogen-bond acceptors (Lipinski definition) is 4. The van der Waals surface area contributed by atoms with Crippen LogP contribution < -0.4 is 5.32 Å². The molecule has 1 saturated heterocycles. The summed E-state index contributed by atoms with van der Waals surface area (Å²) >= 11 is 5.83. The number of aryl methyl sites for hydroxylation is 1. The van der Waals surface area contributed by atoms with Crippen molar-refractivity contribution in [3.8, 4) is 0 Å². The van der Waals surface area contributed by atoms with Gasteiger partial charge in [0.2, 0.25) is 5.91 Å². The summed E-state index contributed by atoms with van der Waals surface area (Å²) in [5.74, 6) is -0.126. The van der Waals surface area contributed by atoms with E-state index >= 15 is 0 Å². The van der Waals surface area contributed by atoms with Crippen molar-refractivity contribution in [1.29, 1.82) is 0 Å². The molecule has 2 unspecified atom stereocenters. The van der Waals surface area contributed by atoms with Gasteiger partial charge < -0.3 is 10.1 Å². The molecule has 0 spiro atoms. The number of nitrogens with zero attached hydrogens (tertiary/aromatic N) is 3. The zero-order chi connectivity index (χ0) is 16.9. The molecule has 1 amide bonds. The number of carbonyl (C=O) groups excluding carboxylic acids is 1. The Labute approximate surface area is 145 Å².